The summed E-state index contributed by atoms with van der Waals surface area (Å²) >= 11 is 0. The van der Waals surface area contributed by atoms with Gasteiger partial charge in [-0.1, -0.05) is 108 Å². The summed E-state index contributed by atoms with van der Waals surface area (Å²) in [6.07, 6.45) is 1.05. The van der Waals surface area contributed by atoms with Gasteiger partial charge in [-0.05, 0) is 56.7 Å². The average Bonchev–Trinajstić information content (AvgIpc) is 3.35. The molecule has 0 fully saturated rings. The predicted octanol–water partition coefficient (Wildman–Crippen LogP) is 10.4. The van der Waals surface area contributed by atoms with E-state index in [0.717, 1.165) is 57.2 Å². The Balaban J connectivity index is 0.00000114. The number of rotatable bonds is 16. The minimum atomic E-state index is -4.67. The van der Waals surface area contributed by atoms with Crippen molar-refractivity contribution in [1.82, 2.24) is 4.58 Å². The maximum atomic E-state index is 11.1. The Morgan fingerprint density at radius 1 is 0.629 bits per heavy atom. The largest absolute Gasteiger partial charge is 0.508 e. The zero-order valence-electron chi connectivity index (χ0n) is 41.8. The van der Waals surface area contributed by atoms with Crippen LogP contribution in [0.2, 0.25) is 0 Å². The van der Waals surface area contributed by atoms with Crippen molar-refractivity contribution < 1.29 is 61.5 Å². The van der Waals surface area contributed by atoms with E-state index in [1.807, 2.05) is 156 Å². The number of carboxylic acids is 3. The Morgan fingerprint density at radius 3 is 1.57 bits per heavy atom. The third kappa shape index (κ3) is 23.8. The quantitative estimate of drug-likeness (QED) is 0.0228. The molecule has 1 aliphatic heterocycles. The van der Waals surface area contributed by atoms with Crippen LogP contribution in [0.4, 0.5) is 11.4 Å². The number of phenolic OH excluding ortho intramolecular Hbond substituents is 1. The number of anilines is 2. The lowest BCUT2D eigenvalue weighted by Gasteiger charge is -2.23. The minimum Gasteiger partial charge on any atom is -0.508 e. The third-order valence-electron chi connectivity index (χ3n) is 9.54. The molecule has 6 rings (SSSR count). The van der Waals surface area contributed by atoms with Gasteiger partial charge in [0.15, 0.2) is 6.54 Å². The highest BCUT2D eigenvalue weighted by atomic mass is 32.3. The van der Waals surface area contributed by atoms with Gasteiger partial charge in [-0.25, -0.2) is 4.58 Å². The van der Waals surface area contributed by atoms with Crippen LogP contribution in [0.5, 0.6) is 5.75 Å². The number of benzene rings is 5. The SMILES string of the molecule is CC.CC.CC.CCN(CCC(=O)O)c1ccc2c(-c3ccccc3)c3ccc(=[N+](CC)CCC(=O)O)cc-3oc2c1.CCN(CCC(=O)O)c1cccc(O)c1.O=Cc1ccccc1.O=S(=O)(O)O. The van der Waals surface area contributed by atoms with E-state index in [2.05, 4.69) is 12.1 Å². The number of hydrogen-bond acceptors (Lipinski definition) is 10. The van der Waals surface area contributed by atoms with Gasteiger partial charge in [0.2, 0.25) is 5.36 Å². The lowest BCUT2D eigenvalue weighted by molar-refractivity contribution is -0.137. The number of aromatic hydroxyl groups is 1. The number of nitrogens with zero attached hydrogens (tertiary/aromatic N) is 3. The van der Waals surface area contributed by atoms with Crippen molar-refractivity contribution in [1.29, 1.82) is 0 Å². The monoisotopic (exact) mass is 990 g/mol. The van der Waals surface area contributed by atoms with Gasteiger partial charge < -0.3 is 34.6 Å². The topological polar surface area (TPSA) is 246 Å². The normalized spacial score (nSPS) is 10.4. The summed E-state index contributed by atoms with van der Waals surface area (Å²) in [5, 5.41) is 38.0. The van der Waals surface area contributed by atoms with Crippen LogP contribution in [0.25, 0.3) is 33.4 Å². The van der Waals surface area contributed by atoms with Gasteiger partial charge in [0.05, 0.1) is 18.9 Å². The van der Waals surface area contributed by atoms with E-state index >= 15 is 0 Å². The van der Waals surface area contributed by atoms with Crippen LogP contribution in [0.1, 0.15) is 91.9 Å². The molecular weight excluding hydrogens is 919 g/mol. The second-order valence-electron chi connectivity index (χ2n) is 13.9. The van der Waals surface area contributed by atoms with Crippen molar-refractivity contribution in [3.8, 4) is 28.2 Å². The first-order valence-corrected chi connectivity index (χ1v) is 24.7. The molecule has 0 bridgehead atoms. The van der Waals surface area contributed by atoms with Gasteiger partial charge in [0.25, 0.3) is 0 Å². The Bertz CT molecular complexity index is 2600. The smallest absolute Gasteiger partial charge is 0.394 e. The summed E-state index contributed by atoms with van der Waals surface area (Å²) in [5.41, 5.74) is 6.29. The second kappa shape index (κ2) is 35.1. The van der Waals surface area contributed by atoms with Gasteiger partial charge >= 0.3 is 28.3 Å². The van der Waals surface area contributed by atoms with E-state index < -0.39 is 28.3 Å². The fraction of sp³-hybridized carbons (Fsp3) is 0.340. The molecule has 0 amide bonds. The molecule has 0 saturated heterocycles. The van der Waals surface area contributed by atoms with E-state index in [1.54, 1.807) is 30.3 Å². The van der Waals surface area contributed by atoms with Crippen molar-refractivity contribution in [2.75, 3.05) is 49.1 Å². The lowest BCUT2D eigenvalue weighted by Crippen LogP contribution is -2.31. The molecule has 1 heterocycles. The summed E-state index contributed by atoms with van der Waals surface area (Å²) in [6.45, 7) is 21.3. The van der Waals surface area contributed by atoms with Crippen molar-refractivity contribution in [2.45, 2.75) is 81.6 Å². The summed E-state index contributed by atoms with van der Waals surface area (Å²) in [5.74, 6) is -1.56. The molecule has 70 heavy (non-hydrogen) atoms. The average molecular weight is 991 g/mol. The van der Waals surface area contributed by atoms with E-state index in [4.69, 9.17) is 37.3 Å². The number of fused-ring (bicyclic) bond motifs is 2. The first-order valence-electron chi connectivity index (χ1n) is 23.3. The zero-order valence-corrected chi connectivity index (χ0v) is 42.6. The van der Waals surface area contributed by atoms with Crippen LogP contribution in [-0.4, -0.2) is 101 Å². The Morgan fingerprint density at radius 2 is 1.13 bits per heavy atom. The second-order valence-corrected chi connectivity index (χ2v) is 14.8. The highest BCUT2D eigenvalue weighted by Gasteiger charge is 2.20. The molecule has 0 radical (unpaired) electrons. The van der Waals surface area contributed by atoms with E-state index in [0.29, 0.717) is 44.1 Å². The fourth-order valence-electron chi connectivity index (χ4n) is 6.50. The maximum absolute atomic E-state index is 11.1. The number of hydrogen-bond donors (Lipinski definition) is 6. The standard InChI is InChI=1S/C29H30N2O5.C11H15NO3.C7H6O.3C2H6.H2O4S/c1-3-30(16-14-27(32)33)21-10-12-23-25(18-21)36-26-19-22(31(4-2)17-15-28(34)35)11-13-24(26)29(23)20-8-6-5-7-9-20;1-2-12(7-6-11(14)15)9-4-3-5-10(13)8-9;8-6-7-4-2-1-3-5-7;3*1-2;1-5(2,3)4/h5-13,18-19H,3-4,14-17H2,1-2H3,(H-,32,33,34,35);3-5,8,13H,2,6-7H2,1H3,(H,14,15);1-6H;3*1-2H3;(H2,1,2,3,4)/p+1. The molecule has 16 nitrogen and oxygen atoms in total. The molecule has 0 saturated carbocycles. The first-order chi connectivity index (χ1) is 33.5. The number of aliphatic carboxylic acids is 3. The molecule has 2 aliphatic rings. The maximum Gasteiger partial charge on any atom is 0.394 e. The summed E-state index contributed by atoms with van der Waals surface area (Å²) in [7, 11) is -4.67. The number of aldehydes is 1. The Kier molecular flexibility index (Phi) is 31.5. The van der Waals surface area contributed by atoms with Crippen LogP contribution in [0.3, 0.4) is 0 Å². The van der Waals surface area contributed by atoms with Crippen LogP contribution < -0.4 is 19.7 Å². The molecular formula is C53H72N3O13S+. The van der Waals surface area contributed by atoms with Gasteiger partial charge in [0.1, 0.15) is 36.3 Å². The number of carbonyl (C=O) groups excluding carboxylic acids is 1. The fourth-order valence-corrected chi connectivity index (χ4v) is 6.50. The number of phenols is 1. The van der Waals surface area contributed by atoms with Gasteiger partial charge in [-0.3, -0.25) is 28.3 Å². The van der Waals surface area contributed by atoms with Crippen molar-refractivity contribution in [3.63, 3.8) is 0 Å². The molecule has 0 spiro atoms. The van der Waals surface area contributed by atoms with Gasteiger partial charge in [-0.15, -0.1) is 0 Å². The number of carbonyl (C=O) groups is 4. The van der Waals surface area contributed by atoms with Crippen LogP contribution in [0.15, 0.2) is 126 Å². The van der Waals surface area contributed by atoms with Crippen molar-refractivity contribution in [2.24, 2.45) is 0 Å². The lowest BCUT2D eigenvalue weighted by atomic mass is 9.93. The minimum absolute atomic E-state index is 0.0581. The third-order valence-corrected chi connectivity index (χ3v) is 9.54. The molecule has 17 heteroatoms. The molecule has 4 aromatic carbocycles. The molecule has 382 valence electrons. The van der Waals surface area contributed by atoms with Crippen LogP contribution in [0, 0.1) is 0 Å². The summed E-state index contributed by atoms with van der Waals surface area (Å²) < 4.78 is 40.1. The molecule has 0 atom stereocenters. The van der Waals surface area contributed by atoms with E-state index in [1.165, 1.54) is 0 Å². The zero-order chi connectivity index (χ0) is 53.2. The van der Waals surface area contributed by atoms with Gasteiger partial charge in [0, 0.05) is 77.8 Å². The van der Waals surface area contributed by atoms with Crippen molar-refractivity contribution in [3.05, 3.63) is 132 Å². The van der Waals surface area contributed by atoms with Gasteiger partial charge in [-0.2, -0.15) is 8.42 Å². The highest BCUT2D eigenvalue weighted by molar-refractivity contribution is 7.79. The molecule has 0 unspecified atom stereocenters. The van der Waals surface area contributed by atoms with Crippen LogP contribution in [-0.2, 0) is 24.8 Å². The molecule has 6 N–H and O–H groups in total. The summed E-state index contributed by atoms with van der Waals surface area (Å²) in [4.78, 5) is 46.6. The highest BCUT2D eigenvalue weighted by Crippen LogP contribution is 2.40. The molecule has 4 aromatic rings. The van der Waals surface area contributed by atoms with Crippen LogP contribution >= 0.6 is 0 Å². The molecule has 1 aliphatic carbocycles. The first kappa shape index (κ1) is 62.9. The summed E-state index contributed by atoms with van der Waals surface area (Å²) in [6, 6.07) is 38.1. The number of carboxylic acid groups (broad SMARTS) is 3. The Hall–Kier alpha value is -7.08. The van der Waals surface area contributed by atoms with E-state index in [-0.39, 0.29) is 25.0 Å². The Labute approximate surface area is 412 Å². The molecule has 0 aromatic heterocycles. The van der Waals surface area contributed by atoms with E-state index in [9.17, 15) is 24.3 Å². The van der Waals surface area contributed by atoms with Crippen molar-refractivity contribution >= 4 is 56.9 Å². The predicted molar refractivity (Wildman–Crippen MR) is 280 cm³/mol.